The summed E-state index contributed by atoms with van der Waals surface area (Å²) in [5.41, 5.74) is 1.91. The number of anilines is 1. The van der Waals surface area contributed by atoms with E-state index in [9.17, 15) is 9.90 Å². The number of nitrogens with zero attached hydrogens (tertiary/aromatic N) is 2. The van der Waals surface area contributed by atoms with E-state index < -0.39 is 12.0 Å². The van der Waals surface area contributed by atoms with Crippen LogP contribution in [0.3, 0.4) is 0 Å². The van der Waals surface area contributed by atoms with Crippen LogP contribution in [0.1, 0.15) is 0 Å². The summed E-state index contributed by atoms with van der Waals surface area (Å²) in [6.07, 6.45) is 3.24. The molecule has 0 saturated carbocycles. The Balaban J connectivity index is 2.37. The van der Waals surface area contributed by atoms with Crippen molar-refractivity contribution in [3.8, 4) is 0 Å². The van der Waals surface area contributed by atoms with Gasteiger partial charge in [0.15, 0.2) is 0 Å². The molecule has 0 aliphatic heterocycles. The normalized spacial score (nSPS) is 12.2. The molecule has 2 rings (SSSR count). The van der Waals surface area contributed by atoms with Crippen LogP contribution in [0.2, 0.25) is 0 Å². The lowest BCUT2D eigenvalue weighted by Crippen LogP contribution is -2.34. The molecule has 2 aromatic heterocycles. The number of carbonyl (C=O) groups excluding carboxylic acids is 1. The lowest BCUT2D eigenvalue weighted by Gasteiger charge is -2.15. The lowest BCUT2D eigenvalue weighted by molar-refractivity contribution is -0.142. The molecule has 0 radical (unpaired) electrons. The van der Waals surface area contributed by atoms with Gasteiger partial charge in [0.2, 0.25) is 0 Å². The zero-order chi connectivity index (χ0) is 13.8. The van der Waals surface area contributed by atoms with Crippen LogP contribution in [0.25, 0.3) is 11.0 Å². The van der Waals surface area contributed by atoms with Gasteiger partial charge in [-0.1, -0.05) is 0 Å². The van der Waals surface area contributed by atoms with Gasteiger partial charge in [0.05, 0.1) is 24.9 Å². The molecule has 0 bridgehead atoms. The zero-order valence-corrected chi connectivity index (χ0v) is 11.7. The van der Waals surface area contributed by atoms with Crippen molar-refractivity contribution in [2.24, 2.45) is 0 Å². The summed E-state index contributed by atoms with van der Waals surface area (Å²) in [6, 6.07) is 2.68. The maximum Gasteiger partial charge on any atom is 0.330 e. The quantitative estimate of drug-likeness (QED) is 0.825. The van der Waals surface area contributed by atoms with Gasteiger partial charge in [0.1, 0.15) is 11.6 Å². The van der Waals surface area contributed by atoms with Gasteiger partial charge in [-0.3, -0.25) is 9.97 Å². The van der Waals surface area contributed by atoms with Gasteiger partial charge in [0, 0.05) is 16.9 Å². The van der Waals surface area contributed by atoms with Crippen molar-refractivity contribution in [3.05, 3.63) is 29.0 Å². The Bertz CT molecular complexity index is 606. The second-order valence-electron chi connectivity index (χ2n) is 3.78. The fourth-order valence-electron chi connectivity index (χ4n) is 1.63. The minimum atomic E-state index is -0.832. The molecule has 0 spiro atoms. The van der Waals surface area contributed by atoms with Gasteiger partial charge < -0.3 is 15.2 Å². The number of esters is 1. The van der Waals surface area contributed by atoms with E-state index in [1.807, 2.05) is 6.07 Å². The maximum atomic E-state index is 11.4. The molecule has 2 N–H and O–H groups in total. The third-order valence-electron chi connectivity index (χ3n) is 2.54. The third kappa shape index (κ3) is 2.99. The number of halogens is 1. The largest absolute Gasteiger partial charge is 0.467 e. The van der Waals surface area contributed by atoms with E-state index in [1.54, 1.807) is 18.5 Å². The topological polar surface area (TPSA) is 84.3 Å². The molecule has 1 unspecified atom stereocenters. The molecular weight excluding hydrogens is 314 g/mol. The standard InChI is InChI=1S/C12H12BrN3O3/c1-19-12(18)10(6-17)16-8-2-3-14-9-4-7(13)5-15-11(8)9/h2-5,10,17H,6H2,1H3,(H,14,16). The highest BCUT2D eigenvalue weighted by Gasteiger charge is 2.19. The van der Waals surface area contributed by atoms with E-state index in [1.165, 1.54) is 7.11 Å². The molecule has 6 nitrogen and oxygen atoms in total. The van der Waals surface area contributed by atoms with Crippen molar-refractivity contribution in [1.82, 2.24) is 9.97 Å². The Hall–Kier alpha value is -1.73. The number of nitrogens with one attached hydrogen (secondary N) is 1. The lowest BCUT2D eigenvalue weighted by atomic mass is 10.2. The van der Waals surface area contributed by atoms with Gasteiger partial charge in [-0.2, -0.15) is 0 Å². The van der Waals surface area contributed by atoms with Crippen LogP contribution in [0.5, 0.6) is 0 Å². The maximum absolute atomic E-state index is 11.4. The summed E-state index contributed by atoms with van der Waals surface area (Å²) in [5, 5.41) is 12.1. The van der Waals surface area contributed by atoms with E-state index >= 15 is 0 Å². The second-order valence-corrected chi connectivity index (χ2v) is 4.70. The monoisotopic (exact) mass is 325 g/mol. The Kier molecular flexibility index (Phi) is 4.28. The highest BCUT2D eigenvalue weighted by Crippen LogP contribution is 2.22. The molecule has 0 amide bonds. The summed E-state index contributed by atoms with van der Waals surface area (Å²) in [6.45, 7) is -0.368. The van der Waals surface area contributed by atoms with Crippen LogP contribution in [0.15, 0.2) is 29.0 Å². The molecule has 0 aliphatic carbocycles. The Morgan fingerprint density at radius 2 is 2.37 bits per heavy atom. The van der Waals surface area contributed by atoms with E-state index in [0.717, 1.165) is 4.47 Å². The van der Waals surface area contributed by atoms with Crippen molar-refractivity contribution >= 4 is 38.6 Å². The van der Waals surface area contributed by atoms with Crippen molar-refractivity contribution in [2.45, 2.75) is 6.04 Å². The molecule has 0 aromatic carbocycles. The zero-order valence-electron chi connectivity index (χ0n) is 10.1. The van der Waals surface area contributed by atoms with Gasteiger partial charge in [-0.25, -0.2) is 4.79 Å². The van der Waals surface area contributed by atoms with E-state index in [4.69, 9.17) is 0 Å². The Labute approximate surface area is 117 Å². The average molecular weight is 326 g/mol. The highest BCUT2D eigenvalue weighted by molar-refractivity contribution is 9.10. The molecule has 2 aromatic rings. The fourth-order valence-corrected chi connectivity index (χ4v) is 1.95. The second kappa shape index (κ2) is 5.94. The summed E-state index contributed by atoms with van der Waals surface area (Å²) >= 11 is 3.32. The van der Waals surface area contributed by atoms with Crippen LogP contribution in [0, 0.1) is 0 Å². The average Bonchev–Trinajstić information content (AvgIpc) is 2.43. The first kappa shape index (κ1) is 13.7. The molecule has 19 heavy (non-hydrogen) atoms. The number of aromatic nitrogens is 2. The molecular formula is C12H12BrN3O3. The summed E-state index contributed by atoms with van der Waals surface area (Å²) in [7, 11) is 1.27. The Morgan fingerprint density at radius 1 is 1.58 bits per heavy atom. The van der Waals surface area contributed by atoms with Crippen LogP contribution >= 0.6 is 15.9 Å². The number of aliphatic hydroxyl groups is 1. The first-order valence-electron chi connectivity index (χ1n) is 5.51. The Morgan fingerprint density at radius 3 is 3.05 bits per heavy atom. The summed E-state index contributed by atoms with van der Waals surface area (Å²) in [4.78, 5) is 19.9. The molecule has 100 valence electrons. The number of carbonyl (C=O) groups is 1. The van der Waals surface area contributed by atoms with Gasteiger partial charge in [-0.15, -0.1) is 0 Å². The van der Waals surface area contributed by atoms with E-state index in [2.05, 4.69) is 36.0 Å². The summed E-state index contributed by atoms with van der Waals surface area (Å²) in [5.74, 6) is -0.537. The minimum Gasteiger partial charge on any atom is -0.467 e. The van der Waals surface area contributed by atoms with Crippen molar-refractivity contribution < 1.29 is 14.6 Å². The minimum absolute atomic E-state index is 0.368. The number of ether oxygens (including phenoxy) is 1. The first-order chi connectivity index (χ1) is 9.15. The smallest absolute Gasteiger partial charge is 0.330 e. The number of hydrogen-bond donors (Lipinski definition) is 2. The van der Waals surface area contributed by atoms with Crippen LogP contribution in [-0.4, -0.2) is 40.8 Å². The first-order valence-corrected chi connectivity index (χ1v) is 6.30. The SMILES string of the molecule is COC(=O)C(CO)Nc1ccnc2cc(Br)cnc12. The number of methoxy groups -OCH3 is 1. The highest BCUT2D eigenvalue weighted by atomic mass is 79.9. The van der Waals surface area contributed by atoms with E-state index in [0.29, 0.717) is 16.7 Å². The molecule has 7 heteroatoms. The van der Waals surface area contributed by atoms with Crippen LogP contribution in [-0.2, 0) is 9.53 Å². The van der Waals surface area contributed by atoms with Crippen molar-refractivity contribution in [1.29, 1.82) is 0 Å². The van der Waals surface area contributed by atoms with Crippen molar-refractivity contribution in [3.63, 3.8) is 0 Å². The molecule has 1 atom stereocenters. The number of fused-ring (bicyclic) bond motifs is 1. The van der Waals surface area contributed by atoms with Gasteiger partial charge >= 0.3 is 5.97 Å². The predicted molar refractivity (Wildman–Crippen MR) is 73.8 cm³/mol. The molecule has 0 saturated heterocycles. The van der Waals surface area contributed by atoms with Gasteiger partial charge in [-0.05, 0) is 28.1 Å². The number of pyridine rings is 2. The number of hydrogen-bond acceptors (Lipinski definition) is 6. The van der Waals surface area contributed by atoms with Gasteiger partial charge in [0.25, 0.3) is 0 Å². The van der Waals surface area contributed by atoms with Crippen LogP contribution < -0.4 is 5.32 Å². The van der Waals surface area contributed by atoms with Crippen LogP contribution in [0.4, 0.5) is 5.69 Å². The van der Waals surface area contributed by atoms with Crippen molar-refractivity contribution in [2.75, 3.05) is 19.0 Å². The number of rotatable bonds is 4. The summed E-state index contributed by atoms with van der Waals surface area (Å²) < 4.78 is 5.42. The number of aliphatic hydroxyl groups excluding tert-OH is 1. The predicted octanol–water partition coefficient (Wildman–Crippen LogP) is 1.34. The third-order valence-corrected chi connectivity index (χ3v) is 2.98. The van der Waals surface area contributed by atoms with E-state index in [-0.39, 0.29) is 6.61 Å². The molecule has 2 heterocycles. The molecule has 0 fully saturated rings. The fraction of sp³-hybridized carbons (Fsp3) is 0.250. The molecule has 0 aliphatic rings.